The largest absolute Gasteiger partial charge is 0.462 e. The van der Waals surface area contributed by atoms with Crippen LogP contribution >= 0.6 is 11.6 Å². The van der Waals surface area contributed by atoms with Gasteiger partial charge < -0.3 is 14.8 Å². The molecule has 72 valence electrons. The molecule has 0 aliphatic heterocycles. The number of nitrogens with one attached hydrogen (secondary N) is 1. The highest BCUT2D eigenvalue weighted by Crippen LogP contribution is 2.07. The van der Waals surface area contributed by atoms with Crippen molar-refractivity contribution in [3.05, 3.63) is 35.3 Å². The highest BCUT2D eigenvalue weighted by molar-refractivity contribution is 6.29. The third-order valence-electron chi connectivity index (χ3n) is 1.49. The van der Waals surface area contributed by atoms with Gasteiger partial charge >= 0.3 is 0 Å². The van der Waals surface area contributed by atoms with Gasteiger partial charge in [-0.25, -0.2) is 0 Å². The standard InChI is InChI=1S/C9H12ClNO2/c1-7(10)4-11-5-8-2-3-9(6-12)13-8/h2-3,11-12H,1,4-6H2. The van der Waals surface area contributed by atoms with E-state index in [9.17, 15) is 0 Å². The summed E-state index contributed by atoms with van der Waals surface area (Å²) in [5.74, 6) is 1.35. The maximum absolute atomic E-state index is 8.72. The first-order valence-corrected chi connectivity index (χ1v) is 4.32. The molecule has 0 saturated carbocycles. The summed E-state index contributed by atoms with van der Waals surface area (Å²) in [6, 6.07) is 3.56. The van der Waals surface area contributed by atoms with E-state index in [1.165, 1.54) is 0 Å². The van der Waals surface area contributed by atoms with Crippen molar-refractivity contribution in [2.24, 2.45) is 0 Å². The topological polar surface area (TPSA) is 45.4 Å². The van der Waals surface area contributed by atoms with Gasteiger partial charge in [0.1, 0.15) is 18.1 Å². The van der Waals surface area contributed by atoms with Gasteiger partial charge in [0, 0.05) is 11.6 Å². The zero-order chi connectivity index (χ0) is 9.68. The van der Waals surface area contributed by atoms with Crippen molar-refractivity contribution in [1.82, 2.24) is 5.32 Å². The number of furan rings is 1. The zero-order valence-corrected chi connectivity index (χ0v) is 7.97. The summed E-state index contributed by atoms with van der Waals surface area (Å²) in [7, 11) is 0. The Morgan fingerprint density at radius 3 is 2.77 bits per heavy atom. The fraction of sp³-hybridized carbons (Fsp3) is 0.333. The Morgan fingerprint density at radius 2 is 2.23 bits per heavy atom. The van der Waals surface area contributed by atoms with Gasteiger partial charge in [-0.15, -0.1) is 0 Å². The van der Waals surface area contributed by atoms with Gasteiger partial charge in [-0.05, 0) is 12.1 Å². The molecule has 0 saturated heterocycles. The molecule has 4 heteroatoms. The number of aliphatic hydroxyl groups excluding tert-OH is 1. The van der Waals surface area contributed by atoms with Crippen LogP contribution in [0.15, 0.2) is 28.2 Å². The molecule has 0 amide bonds. The Labute approximate surface area is 82.0 Å². The smallest absolute Gasteiger partial charge is 0.129 e. The number of halogens is 1. The van der Waals surface area contributed by atoms with E-state index in [4.69, 9.17) is 21.1 Å². The number of hydrogen-bond acceptors (Lipinski definition) is 3. The Morgan fingerprint density at radius 1 is 1.54 bits per heavy atom. The summed E-state index contributed by atoms with van der Waals surface area (Å²) in [6.45, 7) is 4.61. The van der Waals surface area contributed by atoms with Crippen molar-refractivity contribution < 1.29 is 9.52 Å². The molecule has 1 aromatic heterocycles. The van der Waals surface area contributed by atoms with Crippen molar-refractivity contribution in [2.75, 3.05) is 6.54 Å². The van der Waals surface area contributed by atoms with Crippen LogP contribution in [-0.4, -0.2) is 11.7 Å². The summed E-state index contributed by atoms with van der Waals surface area (Å²) in [5, 5.41) is 12.3. The Hall–Kier alpha value is -0.770. The summed E-state index contributed by atoms with van der Waals surface area (Å²) in [4.78, 5) is 0. The Bertz CT molecular complexity index is 283. The maximum atomic E-state index is 8.72. The third-order valence-corrected chi connectivity index (χ3v) is 1.62. The SMILES string of the molecule is C=C(Cl)CNCc1ccc(CO)o1. The van der Waals surface area contributed by atoms with E-state index >= 15 is 0 Å². The van der Waals surface area contributed by atoms with Crippen LogP contribution in [0, 0.1) is 0 Å². The van der Waals surface area contributed by atoms with Crippen LogP contribution in [-0.2, 0) is 13.2 Å². The minimum absolute atomic E-state index is 0.0672. The molecular weight excluding hydrogens is 190 g/mol. The molecule has 3 nitrogen and oxygen atoms in total. The Balaban J connectivity index is 2.32. The highest BCUT2D eigenvalue weighted by Gasteiger charge is 1.99. The van der Waals surface area contributed by atoms with Crippen LogP contribution in [0.1, 0.15) is 11.5 Å². The summed E-state index contributed by atoms with van der Waals surface area (Å²) in [5.41, 5.74) is 0. The normalized spacial score (nSPS) is 10.3. The second-order valence-electron chi connectivity index (χ2n) is 2.65. The molecule has 0 atom stereocenters. The highest BCUT2D eigenvalue weighted by atomic mass is 35.5. The predicted molar refractivity (Wildman–Crippen MR) is 51.3 cm³/mol. The van der Waals surface area contributed by atoms with Crippen LogP contribution in [0.5, 0.6) is 0 Å². The third kappa shape index (κ3) is 3.63. The molecular formula is C9H12ClNO2. The molecule has 0 bridgehead atoms. The molecule has 0 aliphatic rings. The van der Waals surface area contributed by atoms with E-state index in [0.717, 1.165) is 5.76 Å². The van der Waals surface area contributed by atoms with E-state index in [0.29, 0.717) is 23.9 Å². The average Bonchev–Trinajstić information content (AvgIpc) is 2.52. The van der Waals surface area contributed by atoms with Gasteiger partial charge in [-0.1, -0.05) is 18.2 Å². The van der Waals surface area contributed by atoms with Gasteiger partial charge in [-0.2, -0.15) is 0 Å². The van der Waals surface area contributed by atoms with Gasteiger partial charge in [0.15, 0.2) is 0 Å². The monoisotopic (exact) mass is 201 g/mol. The molecule has 0 spiro atoms. The molecule has 1 aromatic rings. The molecule has 13 heavy (non-hydrogen) atoms. The first-order chi connectivity index (χ1) is 6.22. The predicted octanol–water partition coefficient (Wildman–Crippen LogP) is 1.61. The molecule has 0 unspecified atom stereocenters. The van der Waals surface area contributed by atoms with Crippen LogP contribution in [0.2, 0.25) is 0 Å². The fourth-order valence-corrected chi connectivity index (χ4v) is 1.02. The summed E-state index contributed by atoms with van der Waals surface area (Å²) >= 11 is 5.55. The van der Waals surface area contributed by atoms with Crippen LogP contribution < -0.4 is 5.32 Å². The zero-order valence-electron chi connectivity index (χ0n) is 7.22. The van der Waals surface area contributed by atoms with Gasteiger partial charge in [0.05, 0.1) is 6.54 Å². The minimum atomic E-state index is -0.0672. The lowest BCUT2D eigenvalue weighted by molar-refractivity contribution is 0.243. The fourth-order valence-electron chi connectivity index (χ4n) is 0.924. The van der Waals surface area contributed by atoms with Gasteiger partial charge in [0.25, 0.3) is 0 Å². The Kier molecular flexibility index (Phi) is 4.02. The number of rotatable bonds is 5. The second-order valence-corrected chi connectivity index (χ2v) is 3.18. The van der Waals surface area contributed by atoms with Crippen molar-refractivity contribution >= 4 is 11.6 Å². The molecule has 0 aromatic carbocycles. The molecule has 1 rings (SSSR count). The summed E-state index contributed by atoms with van der Waals surface area (Å²) in [6.07, 6.45) is 0. The molecule has 0 aliphatic carbocycles. The number of hydrogen-bond donors (Lipinski definition) is 2. The van der Waals surface area contributed by atoms with E-state index in [1.807, 2.05) is 6.07 Å². The van der Waals surface area contributed by atoms with Crippen molar-refractivity contribution in [3.63, 3.8) is 0 Å². The lowest BCUT2D eigenvalue weighted by Gasteiger charge is -1.99. The molecule has 0 fully saturated rings. The van der Waals surface area contributed by atoms with Crippen LogP contribution in [0.25, 0.3) is 0 Å². The molecule has 1 heterocycles. The van der Waals surface area contributed by atoms with Crippen molar-refractivity contribution in [1.29, 1.82) is 0 Å². The van der Waals surface area contributed by atoms with E-state index in [2.05, 4.69) is 11.9 Å². The van der Waals surface area contributed by atoms with Gasteiger partial charge in [0.2, 0.25) is 0 Å². The minimum Gasteiger partial charge on any atom is -0.462 e. The lowest BCUT2D eigenvalue weighted by Crippen LogP contribution is -2.13. The first-order valence-electron chi connectivity index (χ1n) is 3.95. The van der Waals surface area contributed by atoms with Crippen LogP contribution in [0.4, 0.5) is 0 Å². The van der Waals surface area contributed by atoms with Crippen molar-refractivity contribution in [2.45, 2.75) is 13.2 Å². The summed E-state index contributed by atoms with van der Waals surface area (Å²) < 4.78 is 5.23. The van der Waals surface area contributed by atoms with E-state index in [1.54, 1.807) is 6.07 Å². The second kappa shape index (κ2) is 5.07. The van der Waals surface area contributed by atoms with Crippen molar-refractivity contribution in [3.8, 4) is 0 Å². The van der Waals surface area contributed by atoms with E-state index in [-0.39, 0.29) is 6.61 Å². The van der Waals surface area contributed by atoms with Gasteiger partial charge in [-0.3, -0.25) is 0 Å². The number of aliphatic hydroxyl groups is 1. The quantitative estimate of drug-likeness (QED) is 0.761. The first kappa shape index (κ1) is 10.3. The molecule has 0 radical (unpaired) electrons. The lowest BCUT2D eigenvalue weighted by atomic mass is 10.4. The van der Waals surface area contributed by atoms with E-state index < -0.39 is 0 Å². The van der Waals surface area contributed by atoms with Crippen LogP contribution in [0.3, 0.4) is 0 Å². The maximum Gasteiger partial charge on any atom is 0.129 e. The average molecular weight is 202 g/mol. The molecule has 2 N–H and O–H groups in total.